The third-order valence-corrected chi connectivity index (χ3v) is 6.23. The molecule has 2 unspecified atom stereocenters. The zero-order valence-corrected chi connectivity index (χ0v) is 17.2. The van der Waals surface area contributed by atoms with E-state index in [1.807, 2.05) is 18.2 Å². The monoisotopic (exact) mass is 413 g/mol. The normalized spacial score (nSPS) is 24.8. The maximum atomic E-state index is 12.3. The van der Waals surface area contributed by atoms with Gasteiger partial charge in [0.15, 0.2) is 5.65 Å². The first kappa shape index (κ1) is 20.6. The fourth-order valence-electron chi connectivity index (χ4n) is 4.35. The third kappa shape index (κ3) is 4.86. The molecule has 6 nitrogen and oxygen atoms in total. The van der Waals surface area contributed by atoms with Crippen molar-refractivity contribution in [3.05, 3.63) is 34.9 Å². The number of nitrogens with zero attached hydrogens (tertiary/aromatic N) is 5. The van der Waals surface area contributed by atoms with Crippen molar-refractivity contribution in [3.63, 3.8) is 0 Å². The first-order chi connectivity index (χ1) is 12.7. The molecule has 0 aromatic carbocycles. The number of hydrogen-bond donors (Lipinski definition) is 0. The van der Waals surface area contributed by atoms with E-state index in [-0.39, 0.29) is 18.1 Å². The molecule has 2 aromatic rings. The van der Waals surface area contributed by atoms with E-state index < -0.39 is 0 Å². The molecule has 1 saturated carbocycles. The van der Waals surface area contributed by atoms with Crippen LogP contribution in [0.25, 0.3) is 5.65 Å². The van der Waals surface area contributed by atoms with Crippen molar-refractivity contribution >= 4 is 29.7 Å². The zero-order valence-electron chi connectivity index (χ0n) is 15.7. The molecule has 4 rings (SSSR count). The van der Waals surface area contributed by atoms with Gasteiger partial charge in [-0.2, -0.15) is 0 Å². The van der Waals surface area contributed by atoms with Crippen molar-refractivity contribution in [2.45, 2.75) is 50.1 Å². The lowest BCUT2D eigenvalue weighted by Crippen LogP contribution is -2.51. The van der Waals surface area contributed by atoms with E-state index in [0.717, 1.165) is 51.2 Å². The lowest BCUT2D eigenvalue weighted by molar-refractivity contribution is 0.0784. The van der Waals surface area contributed by atoms with Crippen LogP contribution in [-0.2, 0) is 6.54 Å². The van der Waals surface area contributed by atoms with Crippen molar-refractivity contribution in [3.8, 4) is 0 Å². The van der Waals surface area contributed by atoms with Crippen LogP contribution in [0.15, 0.2) is 29.2 Å². The maximum Gasteiger partial charge on any atom is 0.350 e. The van der Waals surface area contributed by atoms with Gasteiger partial charge in [-0.3, -0.25) is 9.30 Å². The molecule has 1 aliphatic carbocycles. The van der Waals surface area contributed by atoms with Crippen LogP contribution in [-0.4, -0.2) is 68.1 Å². The summed E-state index contributed by atoms with van der Waals surface area (Å²) in [5.41, 5.74) is 0.675. The summed E-state index contributed by atoms with van der Waals surface area (Å²) in [5, 5.41) is 4.77. The third-order valence-electron chi connectivity index (χ3n) is 5.84. The number of rotatable bonds is 5. The fraction of sp³-hybridized carbons (Fsp3) is 0.684. The predicted octanol–water partition coefficient (Wildman–Crippen LogP) is 2.48. The van der Waals surface area contributed by atoms with Crippen molar-refractivity contribution < 1.29 is 0 Å². The van der Waals surface area contributed by atoms with Crippen molar-refractivity contribution in [1.82, 2.24) is 24.0 Å². The van der Waals surface area contributed by atoms with E-state index in [2.05, 4.69) is 14.9 Å². The summed E-state index contributed by atoms with van der Waals surface area (Å²) >= 11 is 6.36. The lowest BCUT2D eigenvalue weighted by Gasteiger charge is -2.41. The molecule has 2 aliphatic rings. The molecule has 27 heavy (non-hydrogen) atoms. The van der Waals surface area contributed by atoms with Gasteiger partial charge in [-0.25, -0.2) is 9.48 Å². The number of alkyl halides is 1. The highest BCUT2D eigenvalue weighted by molar-refractivity contribution is 6.20. The Morgan fingerprint density at radius 3 is 2.67 bits per heavy atom. The Balaban J connectivity index is 0.00000210. The Bertz CT molecular complexity index is 784. The fourth-order valence-corrected chi connectivity index (χ4v) is 4.71. The molecule has 0 spiro atoms. The van der Waals surface area contributed by atoms with Crippen LogP contribution >= 0.6 is 24.0 Å². The molecule has 150 valence electrons. The molecule has 0 amide bonds. The molecule has 0 bridgehead atoms. The van der Waals surface area contributed by atoms with Crippen molar-refractivity contribution in [2.24, 2.45) is 0 Å². The van der Waals surface area contributed by atoms with E-state index in [0.29, 0.717) is 18.0 Å². The Kier molecular flexibility index (Phi) is 7.20. The Morgan fingerprint density at radius 1 is 1.11 bits per heavy atom. The summed E-state index contributed by atoms with van der Waals surface area (Å²) in [7, 11) is 0. The predicted molar refractivity (Wildman–Crippen MR) is 111 cm³/mol. The first-order valence-corrected chi connectivity index (χ1v) is 10.3. The standard InChI is InChI=1S/C19H28ClN5O.ClH/c20-16-5-3-6-17(15-16)23-13-11-22(12-14-23)8-4-10-25-19(26)24-9-2-1-7-18(24)21-25;/h1-2,7,9,16-17H,3-6,8,10-15H2;1H. The quantitative estimate of drug-likeness (QED) is 0.706. The number of halogens is 2. The molecule has 1 aliphatic heterocycles. The lowest BCUT2D eigenvalue weighted by atomic mass is 9.93. The van der Waals surface area contributed by atoms with Crippen LogP contribution in [0.4, 0.5) is 0 Å². The van der Waals surface area contributed by atoms with Crippen LogP contribution in [0.3, 0.4) is 0 Å². The molecule has 0 N–H and O–H groups in total. The smallest absolute Gasteiger partial charge is 0.301 e. The second-order valence-electron chi connectivity index (χ2n) is 7.58. The van der Waals surface area contributed by atoms with E-state index >= 15 is 0 Å². The maximum absolute atomic E-state index is 12.3. The van der Waals surface area contributed by atoms with Gasteiger partial charge < -0.3 is 4.90 Å². The van der Waals surface area contributed by atoms with Crippen LogP contribution in [0.5, 0.6) is 0 Å². The van der Waals surface area contributed by atoms with Crippen LogP contribution < -0.4 is 5.69 Å². The topological polar surface area (TPSA) is 45.8 Å². The van der Waals surface area contributed by atoms with Crippen molar-refractivity contribution in [2.75, 3.05) is 32.7 Å². The van der Waals surface area contributed by atoms with E-state index in [9.17, 15) is 4.79 Å². The molecule has 3 heterocycles. The van der Waals surface area contributed by atoms with Gasteiger partial charge in [0, 0.05) is 56.9 Å². The van der Waals surface area contributed by atoms with Gasteiger partial charge in [-0.1, -0.05) is 12.5 Å². The van der Waals surface area contributed by atoms with Crippen LogP contribution in [0.2, 0.25) is 0 Å². The summed E-state index contributed by atoms with van der Waals surface area (Å²) < 4.78 is 3.20. The Hall–Kier alpha value is -1.08. The molecule has 2 aromatic heterocycles. The average molecular weight is 414 g/mol. The SMILES string of the molecule is Cl.O=c1n(CCCN2CCN(C3CCCC(Cl)C3)CC2)nc2ccccn12. The first-order valence-electron chi connectivity index (χ1n) is 9.85. The number of piperazine rings is 1. The number of fused-ring (bicyclic) bond motifs is 1. The van der Waals surface area contributed by atoms with Crippen molar-refractivity contribution in [1.29, 1.82) is 0 Å². The molecule has 2 atom stereocenters. The second-order valence-corrected chi connectivity index (χ2v) is 8.20. The van der Waals surface area contributed by atoms with Gasteiger partial charge in [-0.05, 0) is 37.8 Å². The minimum Gasteiger partial charge on any atom is -0.301 e. The van der Waals surface area contributed by atoms with Gasteiger partial charge in [0.05, 0.1) is 0 Å². The van der Waals surface area contributed by atoms with Crippen LogP contribution in [0.1, 0.15) is 32.1 Å². The largest absolute Gasteiger partial charge is 0.350 e. The second kappa shape index (κ2) is 9.41. The number of pyridine rings is 1. The van der Waals surface area contributed by atoms with Gasteiger partial charge in [0.1, 0.15) is 0 Å². The number of aryl methyl sites for hydroxylation is 1. The zero-order chi connectivity index (χ0) is 17.9. The summed E-state index contributed by atoms with van der Waals surface area (Å²) in [6.07, 6.45) is 7.64. The highest BCUT2D eigenvalue weighted by atomic mass is 35.5. The summed E-state index contributed by atoms with van der Waals surface area (Å²) in [6.45, 7) is 6.21. The van der Waals surface area contributed by atoms with E-state index in [1.165, 1.54) is 19.3 Å². The van der Waals surface area contributed by atoms with E-state index in [4.69, 9.17) is 11.6 Å². The van der Waals surface area contributed by atoms with Gasteiger partial charge in [-0.15, -0.1) is 29.1 Å². The molecule has 2 fully saturated rings. The van der Waals surface area contributed by atoms with Gasteiger partial charge in [0.25, 0.3) is 0 Å². The Morgan fingerprint density at radius 2 is 1.93 bits per heavy atom. The molecular formula is C19H29Cl2N5O. The van der Waals surface area contributed by atoms with Gasteiger partial charge in [0.2, 0.25) is 0 Å². The molecule has 8 heteroatoms. The molecule has 0 radical (unpaired) electrons. The summed E-state index contributed by atoms with van der Waals surface area (Å²) in [6, 6.07) is 6.32. The highest BCUT2D eigenvalue weighted by Crippen LogP contribution is 2.27. The molecule has 1 saturated heterocycles. The van der Waals surface area contributed by atoms with Crippen LogP contribution in [0, 0.1) is 0 Å². The number of hydrogen-bond acceptors (Lipinski definition) is 4. The van der Waals surface area contributed by atoms with Gasteiger partial charge >= 0.3 is 5.69 Å². The molecular weight excluding hydrogens is 385 g/mol. The number of aromatic nitrogens is 3. The minimum absolute atomic E-state index is 0. The Labute approximate surface area is 171 Å². The highest BCUT2D eigenvalue weighted by Gasteiger charge is 2.28. The summed E-state index contributed by atoms with van der Waals surface area (Å²) in [4.78, 5) is 17.4. The van der Waals surface area contributed by atoms with E-state index in [1.54, 1.807) is 15.3 Å². The average Bonchev–Trinajstić information content (AvgIpc) is 2.99. The summed E-state index contributed by atoms with van der Waals surface area (Å²) in [5.74, 6) is 0. The minimum atomic E-state index is -0.0432.